The maximum atomic E-state index is 6.01. The number of thiocarbonyl (C=S) groups is 1. The molecule has 0 bridgehead atoms. The van der Waals surface area contributed by atoms with E-state index in [1.165, 1.54) is 5.56 Å². The van der Waals surface area contributed by atoms with Crippen molar-refractivity contribution in [3.05, 3.63) is 56.7 Å². The number of hydrogen-bond acceptors (Lipinski definition) is 3. The van der Waals surface area contributed by atoms with Crippen molar-refractivity contribution in [2.45, 2.75) is 26.9 Å². The molecular weight excluding hydrogens is 421 g/mol. The van der Waals surface area contributed by atoms with Gasteiger partial charge >= 0.3 is 0 Å². The molecule has 2 aromatic rings. The van der Waals surface area contributed by atoms with Gasteiger partial charge in [-0.3, -0.25) is 0 Å². The SMILES string of the molecule is CCc1ccc(OCc2c(I)cccc2OC(=S)NC)c(C)c1. The Bertz CT molecular complexity index is 703. The van der Waals surface area contributed by atoms with E-state index in [2.05, 4.69) is 53.9 Å². The molecular formula is C18H20INO2S. The first-order chi connectivity index (χ1) is 11.0. The van der Waals surface area contributed by atoms with Crippen LogP contribution in [0.15, 0.2) is 36.4 Å². The van der Waals surface area contributed by atoms with Gasteiger partial charge in [-0.15, -0.1) is 0 Å². The van der Waals surface area contributed by atoms with Crippen LogP contribution in [-0.4, -0.2) is 12.2 Å². The zero-order chi connectivity index (χ0) is 16.8. The van der Waals surface area contributed by atoms with E-state index in [1.54, 1.807) is 7.05 Å². The van der Waals surface area contributed by atoms with Crippen molar-refractivity contribution in [3.8, 4) is 11.5 Å². The first-order valence-electron chi connectivity index (χ1n) is 7.44. The minimum Gasteiger partial charge on any atom is -0.488 e. The second-order valence-electron chi connectivity index (χ2n) is 5.10. The summed E-state index contributed by atoms with van der Waals surface area (Å²) in [7, 11) is 1.74. The molecule has 1 N–H and O–H groups in total. The molecule has 0 atom stereocenters. The number of aryl methyl sites for hydroxylation is 2. The zero-order valence-corrected chi connectivity index (χ0v) is 16.5. The highest BCUT2D eigenvalue weighted by atomic mass is 127. The van der Waals surface area contributed by atoms with Crippen molar-refractivity contribution in [2.24, 2.45) is 0 Å². The number of ether oxygens (including phenoxy) is 2. The van der Waals surface area contributed by atoms with Crippen LogP contribution in [0.2, 0.25) is 0 Å². The van der Waals surface area contributed by atoms with Crippen LogP contribution in [0.3, 0.4) is 0 Å². The standard InChI is InChI=1S/C18H20INO2S/c1-4-13-8-9-16(12(2)10-13)21-11-14-15(19)6-5-7-17(14)22-18(23)20-3/h5-10H,4,11H2,1-3H3,(H,20,23). The maximum Gasteiger partial charge on any atom is 0.261 e. The van der Waals surface area contributed by atoms with E-state index in [0.717, 1.165) is 32.6 Å². The fraction of sp³-hybridized carbons (Fsp3) is 0.278. The van der Waals surface area contributed by atoms with Crippen molar-refractivity contribution in [1.29, 1.82) is 0 Å². The quantitative estimate of drug-likeness (QED) is 0.542. The van der Waals surface area contributed by atoms with Gasteiger partial charge in [0.1, 0.15) is 18.1 Å². The molecule has 0 aromatic heterocycles. The fourth-order valence-electron chi connectivity index (χ4n) is 2.17. The lowest BCUT2D eigenvalue weighted by atomic mass is 10.1. The van der Waals surface area contributed by atoms with Gasteiger partial charge in [0.25, 0.3) is 5.17 Å². The molecule has 122 valence electrons. The Morgan fingerprint density at radius 2 is 2.00 bits per heavy atom. The van der Waals surface area contributed by atoms with Gasteiger partial charge in [0.15, 0.2) is 0 Å². The third kappa shape index (κ3) is 4.81. The van der Waals surface area contributed by atoms with Crippen LogP contribution >= 0.6 is 34.8 Å². The average Bonchev–Trinajstić information content (AvgIpc) is 2.55. The fourth-order valence-corrected chi connectivity index (χ4v) is 2.89. The number of hydrogen-bond donors (Lipinski definition) is 1. The van der Waals surface area contributed by atoms with Crippen molar-refractivity contribution in [1.82, 2.24) is 5.32 Å². The molecule has 23 heavy (non-hydrogen) atoms. The van der Waals surface area contributed by atoms with Crippen molar-refractivity contribution in [3.63, 3.8) is 0 Å². The number of nitrogens with one attached hydrogen (secondary N) is 1. The second kappa shape index (κ2) is 8.49. The summed E-state index contributed by atoms with van der Waals surface area (Å²) in [5, 5.41) is 3.17. The first kappa shape index (κ1) is 18.0. The van der Waals surface area contributed by atoms with Crippen LogP contribution in [0.1, 0.15) is 23.6 Å². The normalized spacial score (nSPS) is 10.3. The van der Waals surface area contributed by atoms with Gasteiger partial charge in [0.2, 0.25) is 0 Å². The van der Waals surface area contributed by atoms with E-state index in [1.807, 2.05) is 24.3 Å². The monoisotopic (exact) mass is 441 g/mol. The molecule has 0 aliphatic rings. The maximum absolute atomic E-state index is 6.01. The van der Waals surface area contributed by atoms with E-state index in [0.29, 0.717) is 11.8 Å². The third-order valence-corrected chi connectivity index (χ3v) is 4.80. The smallest absolute Gasteiger partial charge is 0.261 e. The van der Waals surface area contributed by atoms with Crippen molar-refractivity contribution < 1.29 is 9.47 Å². The third-order valence-electron chi connectivity index (χ3n) is 3.50. The largest absolute Gasteiger partial charge is 0.488 e. The number of rotatable bonds is 5. The molecule has 2 aromatic carbocycles. The van der Waals surface area contributed by atoms with Crippen LogP contribution in [0.5, 0.6) is 11.5 Å². The summed E-state index contributed by atoms with van der Waals surface area (Å²) in [5.74, 6) is 1.61. The van der Waals surface area contributed by atoms with E-state index in [9.17, 15) is 0 Å². The lowest BCUT2D eigenvalue weighted by molar-refractivity contribution is 0.299. The summed E-state index contributed by atoms with van der Waals surface area (Å²) in [6.07, 6.45) is 1.02. The van der Waals surface area contributed by atoms with E-state index in [4.69, 9.17) is 21.7 Å². The molecule has 0 amide bonds. The summed E-state index contributed by atoms with van der Waals surface area (Å²) in [4.78, 5) is 0. The van der Waals surface area contributed by atoms with Gasteiger partial charge in [-0.05, 0) is 77.5 Å². The summed E-state index contributed by atoms with van der Waals surface area (Å²) in [6.45, 7) is 4.65. The van der Waals surface area contributed by atoms with Crippen molar-refractivity contribution >= 4 is 40.0 Å². The average molecular weight is 441 g/mol. The summed E-state index contributed by atoms with van der Waals surface area (Å²) >= 11 is 7.37. The Morgan fingerprint density at radius 3 is 2.65 bits per heavy atom. The summed E-state index contributed by atoms with van der Waals surface area (Å²) in [6, 6.07) is 12.2. The Kier molecular flexibility index (Phi) is 6.65. The lowest BCUT2D eigenvalue weighted by Crippen LogP contribution is -2.22. The molecule has 0 fully saturated rings. The molecule has 0 radical (unpaired) electrons. The van der Waals surface area contributed by atoms with Gasteiger partial charge in [-0.25, -0.2) is 0 Å². The zero-order valence-electron chi connectivity index (χ0n) is 13.5. The van der Waals surface area contributed by atoms with Crippen LogP contribution < -0.4 is 14.8 Å². The molecule has 0 aliphatic heterocycles. The Labute approximate surface area is 156 Å². The van der Waals surface area contributed by atoms with E-state index < -0.39 is 0 Å². The van der Waals surface area contributed by atoms with Crippen LogP contribution in [0, 0.1) is 10.5 Å². The van der Waals surface area contributed by atoms with Crippen LogP contribution in [-0.2, 0) is 13.0 Å². The predicted octanol–water partition coefficient (Wildman–Crippen LogP) is 4.62. The van der Waals surface area contributed by atoms with Crippen LogP contribution in [0.4, 0.5) is 0 Å². The van der Waals surface area contributed by atoms with Gasteiger partial charge < -0.3 is 14.8 Å². The first-order valence-corrected chi connectivity index (χ1v) is 8.93. The van der Waals surface area contributed by atoms with Gasteiger partial charge in [-0.2, -0.15) is 0 Å². The Morgan fingerprint density at radius 1 is 1.22 bits per heavy atom. The molecule has 0 unspecified atom stereocenters. The highest BCUT2D eigenvalue weighted by Crippen LogP contribution is 2.27. The number of benzene rings is 2. The van der Waals surface area contributed by atoms with E-state index in [-0.39, 0.29) is 0 Å². The molecule has 0 saturated carbocycles. The minimum atomic E-state index is 0.344. The van der Waals surface area contributed by atoms with Gasteiger partial charge in [0, 0.05) is 16.2 Å². The highest BCUT2D eigenvalue weighted by Gasteiger charge is 2.11. The molecule has 5 heteroatoms. The van der Waals surface area contributed by atoms with Crippen LogP contribution in [0.25, 0.3) is 0 Å². The van der Waals surface area contributed by atoms with Gasteiger partial charge in [0.05, 0.1) is 0 Å². The summed E-state index contributed by atoms with van der Waals surface area (Å²) in [5.41, 5.74) is 3.45. The highest BCUT2D eigenvalue weighted by molar-refractivity contribution is 14.1. The minimum absolute atomic E-state index is 0.344. The Hall–Kier alpha value is -1.34. The molecule has 3 nitrogen and oxygen atoms in total. The molecule has 0 saturated heterocycles. The molecule has 0 heterocycles. The lowest BCUT2D eigenvalue weighted by Gasteiger charge is -2.15. The molecule has 0 aliphatic carbocycles. The predicted molar refractivity (Wildman–Crippen MR) is 106 cm³/mol. The summed E-state index contributed by atoms with van der Waals surface area (Å²) < 4.78 is 12.8. The topological polar surface area (TPSA) is 30.5 Å². The number of halogens is 1. The second-order valence-corrected chi connectivity index (χ2v) is 6.63. The molecule has 2 rings (SSSR count). The Balaban J connectivity index is 2.18. The van der Waals surface area contributed by atoms with Gasteiger partial charge in [-0.1, -0.05) is 25.1 Å². The molecule has 0 spiro atoms. The van der Waals surface area contributed by atoms with Crippen molar-refractivity contribution in [2.75, 3.05) is 7.05 Å². The van der Waals surface area contributed by atoms with E-state index >= 15 is 0 Å².